The second-order valence-corrected chi connectivity index (χ2v) is 4.66. The fraction of sp³-hybridized carbons (Fsp3) is 0.545. The van der Waals surface area contributed by atoms with Gasteiger partial charge in [-0.3, -0.25) is 0 Å². The second-order valence-electron chi connectivity index (χ2n) is 3.66. The lowest BCUT2D eigenvalue weighted by Crippen LogP contribution is -2.30. The third-order valence-electron chi connectivity index (χ3n) is 2.81. The molecular weight excluding hydrogens is 210 g/mol. The molecule has 0 bridgehead atoms. The summed E-state index contributed by atoms with van der Waals surface area (Å²) in [6, 6.07) is 2.33. The Morgan fingerprint density at radius 2 is 2.53 bits per heavy atom. The highest BCUT2D eigenvalue weighted by Gasteiger charge is 2.29. The van der Waals surface area contributed by atoms with Crippen LogP contribution in [0.5, 0.6) is 0 Å². The van der Waals surface area contributed by atoms with E-state index in [4.69, 9.17) is 4.74 Å². The molecule has 3 nitrogen and oxygen atoms in total. The van der Waals surface area contributed by atoms with Gasteiger partial charge in [-0.25, -0.2) is 4.79 Å². The van der Waals surface area contributed by atoms with Crippen LogP contribution < -0.4 is 0 Å². The molecule has 1 unspecified atom stereocenters. The number of thiophene rings is 1. The van der Waals surface area contributed by atoms with E-state index in [2.05, 4.69) is 11.4 Å². The summed E-state index contributed by atoms with van der Waals surface area (Å²) >= 11 is 1.78. The number of rotatable bonds is 2. The minimum atomic E-state index is -0.221. The molecular formula is C11H15NO2S. The molecule has 0 saturated heterocycles. The van der Waals surface area contributed by atoms with Crippen molar-refractivity contribution in [3.8, 4) is 0 Å². The van der Waals surface area contributed by atoms with Gasteiger partial charge in [0.1, 0.15) is 0 Å². The first-order chi connectivity index (χ1) is 7.24. The molecule has 1 aromatic rings. The summed E-state index contributed by atoms with van der Waals surface area (Å²) in [7, 11) is 1.81. The van der Waals surface area contributed by atoms with Crippen LogP contribution in [0.25, 0.3) is 0 Å². The van der Waals surface area contributed by atoms with Gasteiger partial charge >= 0.3 is 6.09 Å². The maximum Gasteiger partial charge on any atom is 0.410 e. The van der Waals surface area contributed by atoms with E-state index in [1.807, 2.05) is 14.0 Å². The van der Waals surface area contributed by atoms with Crippen molar-refractivity contribution in [2.45, 2.75) is 25.8 Å². The third kappa shape index (κ3) is 1.86. The molecule has 0 radical (unpaired) electrons. The zero-order valence-corrected chi connectivity index (χ0v) is 9.84. The van der Waals surface area contributed by atoms with Crippen LogP contribution in [-0.4, -0.2) is 24.6 Å². The van der Waals surface area contributed by atoms with E-state index in [0.29, 0.717) is 6.61 Å². The van der Waals surface area contributed by atoms with E-state index in [1.54, 1.807) is 16.2 Å². The van der Waals surface area contributed by atoms with E-state index in [-0.39, 0.29) is 12.1 Å². The number of carbonyl (C=O) groups is 1. The van der Waals surface area contributed by atoms with Crippen molar-refractivity contribution in [2.75, 3.05) is 13.7 Å². The molecule has 15 heavy (non-hydrogen) atoms. The molecule has 1 atom stereocenters. The first-order valence-electron chi connectivity index (χ1n) is 5.20. The molecule has 0 spiro atoms. The minimum absolute atomic E-state index is 0.213. The Balaban J connectivity index is 2.10. The lowest BCUT2D eigenvalue weighted by molar-refractivity contribution is 0.101. The summed E-state index contributed by atoms with van der Waals surface area (Å²) in [4.78, 5) is 14.7. The van der Waals surface area contributed by atoms with Gasteiger partial charge in [0.05, 0.1) is 12.6 Å². The molecule has 4 heteroatoms. The van der Waals surface area contributed by atoms with Gasteiger partial charge in [-0.1, -0.05) is 0 Å². The van der Waals surface area contributed by atoms with E-state index < -0.39 is 0 Å². The molecule has 0 aromatic carbocycles. The van der Waals surface area contributed by atoms with E-state index in [0.717, 1.165) is 12.8 Å². The van der Waals surface area contributed by atoms with Gasteiger partial charge in [0.25, 0.3) is 0 Å². The lowest BCUT2D eigenvalue weighted by Gasteiger charge is -2.23. The van der Waals surface area contributed by atoms with Gasteiger partial charge in [0.2, 0.25) is 0 Å². The molecule has 2 rings (SSSR count). The maximum atomic E-state index is 11.6. The van der Waals surface area contributed by atoms with E-state index >= 15 is 0 Å². The Labute approximate surface area is 93.7 Å². The van der Waals surface area contributed by atoms with Crippen molar-refractivity contribution in [2.24, 2.45) is 0 Å². The Hall–Kier alpha value is -1.03. The SMILES string of the molecule is CCOC(=O)N(C)C1CCc2sccc21. The highest BCUT2D eigenvalue weighted by Crippen LogP contribution is 2.38. The standard InChI is InChI=1S/C11H15NO2S/c1-3-14-11(13)12(2)9-4-5-10-8(9)6-7-15-10/h6-7,9H,3-5H2,1-2H3. The first-order valence-corrected chi connectivity index (χ1v) is 6.08. The van der Waals surface area contributed by atoms with Gasteiger partial charge < -0.3 is 9.64 Å². The Morgan fingerprint density at radius 3 is 3.27 bits per heavy atom. The van der Waals surface area contributed by atoms with Crippen molar-refractivity contribution >= 4 is 17.4 Å². The molecule has 1 aliphatic rings. The fourth-order valence-corrected chi connectivity index (χ4v) is 2.98. The quantitative estimate of drug-likeness (QED) is 0.774. The van der Waals surface area contributed by atoms with Crippen LogP contribution in [-0.2, 0) is 11.2 Å². The van der Waals surface area contributed by atoms with Gasteiger partial charge in [-0.05, 0) is 36.8 Å². The van der Waals surface area contributed by atoms with Gasteiger partial charge in [0, 0.05) is 11.9 Å². The number of amides is 1. The molecule has 1 aliphatic carbocycles. The lowest BCUT2D eigenvalue weighted by atomic mass is 10.1. The Kier molecular flexibility index (Phi) is 2.95. The maximum absolute atomic E-state index is 11.6. The summed E-state index contributed by atoms with van der Waals surface area (Å²) in [5.74, 6) is 0. The molecule has 0 aliphatic heterocycles. The highest BCUT2D eigenvalue weighted by molar-refractivity contribution is 7.10. The topological polar surface area (TPSA) is 29.5 Å². The number of ether oxygens (including phenoxy) is 1. The van der Waals surface area contributed by atoms with Crippen molar-refractivity contribution in [3.05, 3.63) is 21.9 Å². The van der Waals surface area contributed by atoms with Gasteiger partial charge in [0.15, 0.2) is 0 Å². The van der Waals surface area contributed by atoms with Crippen LogP contribution in [0, 0.1) is 0 Å². The smallest absolute Gasteiger partial charge is 0.410 e. The summed E-state index contributed by atoms with van der Waals surface area (Å²) in [6.45, 7) is 2.27. The second kappa shape index (κ2) is 4.23. The zero-order chi connectivity index (χ0) is 10.8. The van der Waals surface area contributed by atoms with Crippen molar-refractivity contribution in [1.29, 1.82) is 0 Å². The molecule has 1 aromatic heterocycles. The number of aryl methyl sites for hydroxylation is 1. The van der Waals surface area contributed by atoms with Crippen LogP contribution in [0.15, 0.2) is 11.4 Å². The van der Waals surface area contributed by atoms with Gasteiger partial charge in [-0.2, -0.15) is 0 Å². The van der Waals surface area contributed by atoms with Crippen LogP contribution in [0.3, 0.4) is 0 Å². The Bertz CT molecular complexity index is 361. The average molecular weight is 225 g/mol. The number of hydrogen-bond acceptors (Lipinski definition) is 3. The van der Waals surface area contributed by atoms with Gasteiger partial charge in [-0.15, -0.1) is 11.3 Å². The zero-order valence-electron chi connectivity index (χ0n) is 9.03. The minimum Gasteiger partial charge on any atom is -0.450 e. The predicted octanol–water partition coefficient (Wildman–Crippen LogP) is 2.82. The summed E-state index contributed by atoms with van der Waals surface area (Å²) in [6.07, 6.45) is 1.89. The van der Waals surface area contributed by atoms with Crippen molar-refractivity contribution in [1.82, 2.24) is 4.90 Å². The molecule has 82 valence electrons. The monoisotopic (exact) mass is 225 g/mol. The predicted molar refractivity (Wildman–Crippen MR) is 60.2 cm³/mol. The molecule has 0 N–H and O–H groups in total. The number of hydrogen-bond donors (Lipinski definition) is 0. The van der Waals surface area contributed by atoms with Crippen LogP contribution in [0.4, 0.5) is 4.79 Å². The third-order valence-corrected chi connectivity index (χ3v) is 3.80. The number of nitrogens with zero attached hydrogens (tertiary/aromatic N) is 1. The van der Waals surface area contributed by atoms with Crippen molar-refractivity contribution in [3.63, 3.8) is 0 Å². The average Bonchev–Trinajstić information content (AvgIpc) is 2.77. The molecule has 0 fully saturated rings. The van der Waals surface area contributed by atoms with Crippen molar-refractivity contribution < 1.29 is 9.53 Å². The molecule has 1 amide bonds. The normalized spacial score (nSPS) is 18.7. The number of fused-ring (bicyclic) bond motifs is 1. The summed E-state index contributed by atoms with van der Waals surface area (Å²) in [5, 5.41) is 2.09. The largest absolute Gasteiger partial charge is 0.450 e. The van der Waals surface area contributed by atoms with E-state index in [9.17, 15) is 4.79 Å². The molecule has 1 heterocycles. The molecule has 0 saturated carbocycles. The van der Waals surface area contributed by atoms with Crippen LogP contribution >= 0.6 is 11.3 Å². The van der Waals surface area contributed by atoms with E-state index in [1.165, 1.54) is 10.4 Å². The fourth-order valence-electron chi connectivity index (χ4n) is 2.03. The van der Waals surface area contributed by atoms with Crippen LogP contribution in [0.1, 0.15) is 29.8 Å². The summed E-state index contributed by atoms with van der Waals surface area (Å²) in [5.41, 5.74) is 1.30. The first kappa shape index (κ1) is 10.5. The number of carbonyl (C=O) groups excluding carboxylic acids is 1. The highest BCUT2D eigenvalue weighted by atomic mass is 32.1. The van der Waals surface area contributed by atoms with Crippen LogP contribution in [0.2, 0.25) is 0 Å². The summed E-state index contributed by atoms with van der Waals surface area (Å²) < 4.78 is 5.00. The Morgan fingerprint density at radius 1 is 1.73 bits per heavy atom.